The molecule has 0 N–H and O–H groups in total. The molecular weight excluding hydrogens is 202 g/mol. The average Bonchev–Trinajstić information content (AvgIpc) is 2.31. The molecule has 3 nitrogen and oxygen atoms in total. The summed E-state index contributed by atoms with van der Waals surface area (Å²) < 4.78 is 0. The Morgan fingerprint density at radius 3 is 2.31 bits per heavy atom. The van der Waals surface area contributed by atoms with Crippen LogP contribution in [0, 0.1) is 16.0 Å². The molecule has 0 atom stereocenters. The highest BCUT2D eigenvalue weighted by molar-refractivity contribution is 5.33. The van der Waals surface area contributed by atoms with E-state index in [2.05, 4.69) is 0 Å². The van der Waals surface area contributed by atoms with Crippen molar-refractivity contribution in [2.24, 2.45) is 5.92 Å². The second-order valence-corrected chi connectivity index (χ2v) is 4.63. The minimum absolute atomic E-state index is 0.187. The molecule has 0 saturated heterocycles. The van der Waals surface area contributed by atoms with Crippen molar-refractivity contribution < 1.29 is 4.92 Å². The summed E-state index contributed by atoms with van der Waals surface area (Å²) in [6, 6.07) is 7.01. The first-order valence-corrected chi connectivity index (χ1v) is 5.99. The third-order valence-corrected chi connectivity index (χ3v) is 3.40. The van der Waals surface area contributed by atoms with Crippen LogP contribution in [0.15, 0.2) is 24.3 Å². The van der Waals surface area contributed by atoms with Gasteiger partial charge in [0.25, 0.3) is 5.69 Å². The Hall–Kier alpha value is -1.38. The fourth-order valence-corrected chi connectivity index (χ4v) is 2.48. The Morgan fingerprint density at radius 2 is 1.75 bits per heavy atom. The molecule has 1 aliphatic carbocycles. The Balaban J connectivity index is 1.96. The summed E-state index contributed by atoms with van der Waals surface area (Å²) in [5.41, 5.74) is 1.42. The van der Waals surface area contributed by atoms with Crippen molar-refractivity contribution in [2.45, 2.75) is 38.5 Å². The molecule has 1 aliphatic rings. The summed E-state index contributed by atoms with van der Waals surface area (Å²) >= 11 is 0. The summed E-state index contributed by atoms with van der Waals surface area (Å²) in [6.45, 7) is 0. The quantitative estimate of drug-likeness (QED) is 0.574. The third kappa shape index (κ3) is 2.81. The maximum atomic E-state index is 10.5. The number of hydrogen-bond donors (Lipinski definition) is 0. The number of nitro benzene ring substituents is 1. The van der Waals surface area contributed by atoms with Gasteiger partial charge in [0.2, 0.25) is 0 Å². The van der Waals surface area contributed by atoms with Crippen LogP contribution in [0.1, 0.15) is 37.7 Å². The van der Waals surface area contributed by atoms with Gasteiger partial charge in [0.1, 0.15) is 0 Å². The van der Waals surface area contributed by atoms with Gasteiger partial charge in [0, 0.05) is 12.1 Å². The molecule has 1 aromatic carbocycles. The number of benzene rings is 1. The van der Waals surface area contributed by atoms with Crippen molar-refractivity contribution in [3.8, 4) is 0 Å². The monoisotopic (exact) mass is 219 g/mol. The van der Waals surface area contributed by atoms with Crippen molar-refractivity contribution in [2.75, 3.05) is 0 Å². The minimum Gasteiger partial charge on any atom is -0.258 e. The molecule has 1 fully saturated rings. The maximum Gasteiger partial charge on any atom is 0.269 e. The van der Waals surface area contributed by atoms with Crippen molar-refractivity contribution in [3.63, 3.8) is 0 Å². The second-order valence-electron chi connectivity index (χ2n) is 4.63. The van der Waals surface area contributed by atoms with Gasteiger partial charge in [-0.15, -0.1) is 0 Å². The summed E-state index contributed by atoms with van der Waals surface area (Å²) in [7, 11) is 0. The molecule has 0 amide bonds. The van der Waals surface area contributed by atoms with Gasteiger partial charge in [0.05, 0.1) is 4.92 Å². The van der Waals surface area contributed by atoms with Crippen LogP contribution in [0.4, 0.5) is 5.69 Å². The molecule has 1 saturated carbocycles. The van der Waals surface area contributed by atoms with Crippen molar-refractivity contribution in [1.82, 2.24) is 0 Å². The lowest BCUT2D eigenvalue weighted by atomic mass is 9.85. The topological polar surface area (TPSA) is 43.1 Å². The largest absolute Gasteiger partial charge is 0.269 e. The molecule has 0 spiro atoms. The lowest BCUT2D eigenvalue weighted by Gasteiger charge is -2.21. The van der Waals surface area contributed by atoms with E-state index in [4.69, 9.17) is 0 Å². The summed E-state index contributed by atoms with van der Waals surface area (Å²) in [6.07, 6.45) is 7.78. The smallest absolute Gasteiger partial charge is 0.258 e. The van der Waals surface area contributed by atoms with Crippen LogP contribution in [0.5, 0.6) is 0 Å². The van der Waals surface area contributed by atoms with E-state index in [1.807, 2.05) is 12.1 Å². The molecule has 86 valence electrons. The lowest BCUT2D eigenvalue weighted by Crippen LogP contribution is -2.09. The van der Waals surface area contributed by atoms with E-state index in [-0.39, 0.29) is 10.6 Å². The van der Waals surface area contributed by atoms with Gasteiger partial charge in [-0.3, -0.25) is 10.1 Å². The van der Waals surface area contributed by atoms with E-state index < -0.39 is 0 Å². The summed E-state index contributed by atoms with van der Waals surface area (Å²) in [4.78, 5) is 10.2. The van der Waals surface area contributed by atoms with Crippen molar-refractivity contribution in [1.29, 1.82) is 0 Å². The van der Waals surface area contributed by atoms with E-state index in [0.717, 1.165) is 12.3 Å². The van der Waals surface area contributed by atoms with Crippen LogP contribution in [0.25, 0.3) is 0 Å². The Bertz CT molecular complexity index is 353. The van der Waals surface area contributed by atoms with Gasteiger partial charge in [0.15, 0.2) is 0 Å². The molecular formula is C13H17NO2. The molecule has 0 aromatic heterocycles. The number of rotatable bonds is 3. The molecule has 0 aliphatic heterocycles. The van der Waals surface area contributed by atoms with E-state index in [1.165, 1.54) is 37.7 Å². The zero-order valence-corrected chi connectivity index (χ0v) is 9.39. The van der Waals surface area contributed by atoms with Gasteiger partial charge in [-0.05, 0) is 17.9 Å². The van der Waals surface area contributed by atoms with Gasteiger partial charge < -0.3 is 0 Å². The summed E-state index contributed by atoms with van der Waals surface area (Å²) in [5.74, 6) is 0.787. The van der Waals surface area contributed by atoms with Crippen LogP contribution in [-0.2, 0) is 6.42 Å². The van der Waals surface area contributed by atoms with Crippen molar-refractivity contribution >= 4 is 5.69 Å². The molecule has 0 bridgehead atoms. The molecule has 0 radical (unpaired) electrons. The highest BCUT2D eigenvalue weighted by Crippen LogP contribution is 2.27. The van der Waals surface area contributed by atoms with E-state index >= 15 is 0 Å². The van der Waals surface area contributed by atoms with E-state index in [9.17, 15) is 10.1 Å². The first-order valence-electron chi connectivity index (χ1n) is 5.99. The van der Waals surface area contributed by atoms with Crippen LogP contribution in [0.2, 0.25) is 0 Å². The fraction of sp³-hybridized carbons (Fsp3) is 0.538. The highest BCUT2D eigenvalue weighted by atomic mass is 16.6. The minimum atomic E-state index is -0.343. The number of nitro groups is 1. The van der Waals surface area contributed by atoms with Crippen LogP contribution in [-0.4, -0.2) is 4.92 Å². The lowest BCUT2D eigenvalue weighted by molar-refractivity contribution is -0.384. The van der Waals surface area contributed by atoms with Crippen molar-refractivity contribution in [3.05, 3.63) is 39.9 Å². The predicted molar refractivity (Wildman–Crippen MR) is 63.4 cm³/mol. The number of hydrogen-bond acceptors (Lipinski definition) is 2. The Labute approximate surface area is 95.6 Å². The van der Waals surface area contributed by atoms with Gasteiger partial charge in [-0.25, -0.2) is 0 Å². The van der Waals surface area contributed by atoms with Crippen LogP contribution < -0.4 is 0 Å². The van der Waals surface area contributed by atoms with Gasteiger partial charge in [-0.2, -0.15) is 0 Å². The summed E-state index contributed by atoms with van der Waals surface area (Å²) in [5, 5.41) is 10.5. The molecule has 3 heteroatoms. The predicted octanol–water partition coefficient (Wildman–Crippen LogP) is 3.72. The Morgan fingerprint density at radius 1 is 1.12 bits per heavy atom. The van der Waals surface area contributed by atoms with E-state index in [1.54, 1.807) is 12.1 Å². The SMILES string of the molecule is O=[N+]([O-])c1ccc(CC2CCCCC2)cc1. The normalized spacial score (nSPS) is 17.2. The van der Waals surface area contributed by atoms with Crippen LogP contribution >= 0.6 is 0 Å². The Kier molecular flexibility index (Phi) is 3.54. The average molecular weight is 219 g/mol. The first-order chi connectivity index (χ1) is 7.75. The second kappa shape index (κ2) is 5.10. The zero-order chi connectivity index (χ0) is 11.4. The zero-order valence-electron chi connectivity index (χ0n) is 9.39. The number of non-ortho nitro benzene ring substituents is 1. The number of nitrogens with zero attached hydrogens (tertiary/aromatic N) is 1. The third-order valence-electron chi connectivity index (χ3n) is 3.40. The standard InChI is InChI=1S/C13H17NO2/c15-14(16)13-8-6-12(7-9-13)10-11-4-2-1-3-5-11/h6-9,11H,1-5,10H2. The first kappa shape index (κ1) is 11.1. The molecule has 0 unspecified atom stereocenters. The maximum absolute atomic E-state index is 10.5. The van der Waals surface area contributed by atoms with Crippen LogP contribution in [0.3, 0.4) is 0 Å². The molecule has 1 aromatic rings. The molecule has 2 rings (SSSR count). The molecule has 16 heavy (non-hydrogen) atoms. The fourth-order valence-electron chi connectivity index (χ4n) is 2.48. The van der Waals surface area contributed by atoms with Gasteiger partial charge >= 0.3 is 0 Å². The molecule has 0 heterocycles. The van der Waals surface area contributed by atoms with Gasteiger partial charge in [-0.1, -0.05) is 44.2 Å². The van der Waals surface area contributed by atoms with E-state index in [0.29, 0.717) is 0 Å². The highest BCUT2D eigenvalue weighted by Gasteiger charge is 2.14.